The topological polar surface area (TPSA) is 30.2 Å². The fourth-order valence-corrected chi connectivity index (χ4v) is 0.905. The average Bonchev–Trinajstić information content (AvgIpc) is 2.04. The van der Waals surface area contributed by atoms with Crippen molar-refractivity contribution in [3.8, 4) is 0 Å². The van der Waals surface area contributed by atoms with E-state index in [1.165, 1.54) is 6.07 Å². The summed E-state index contributed by atoms with van der Waals surface area (Å²) in [7, 11) is 0. The first kappa shape index (κ1) is 7.79. The lowest BCUT2D eigenvalue weighted by Crippen LogP contribution is -2.27. The van der Waals surface area contributed by atoms with Crippen LogP contribution in [-0.2, 0) is 0 Å². The van der Waals surface area contributed by atoms with Crippen LogP contribution in [0.1, 0.15) is 13.8 Å². The molecular weight excluding hydrogens is 140 g/mol. The van der Waals surface area contributed by atoms with Crippen LogP contribution in [0, 0.1) is 0 Å². The van der Waals surface area contributed by atoms with E-state index in [9.17, 15) is 4.79 Å². The van der Waals surface area contributed by atoms with Crippen molar-refractivity contribution in [1.82, 2.24) is 0 Å². The number of hydrogen-bond donors (Lipinski definition) is 0. The van der Waals surface area contributed by atoms with Crippen LogP contribution in [0.3, 0.4) is 0 Å². The van der Waals surface area contributed by atoms with E-state index in [1.54, 1.807) is 12.1 Å². The summed E-state index contributed by atoms with van der Waals surface area (Å²) in [5, 5.41) is 0.951. The minimum atomic E-state index is -0.302. The Kier molecular flexibility index (Phi) is 2.26. The molecule has 0 bridgehead atoms. The summed E-state index contributed by atoms with van der Waals surface area (Å²) in [4.78, 5) is 10.7. The molecule has 0 saturated carbocycles. The molecule has 1 rings (SSSR count). The van der Waals surface area contributed by atoms with Crippen molar-refractivity contribution in [3.63, 3.8) is 0 Å². The van der Waals surface area contributed by atoms with E-state index in [4.69, 9.17) is 4.42 Å². The number of rotatable bonds is 0. The highest BCUT2D eigenvalue weighted by Gasteiger charge is 1.85. The molecule has 1 aromatic heterocycles. The summed E-state index contributed by atoms with van der Waals surface area (Å²) in [6, 6.07) is 3.17. The molecule has 58 valence electrons. The van der Waals surface area contributed by atoms with Crippen molar-refractivity contribution < 1.29 is 4.42 Å². The third-order valence-electron chi connectivity index (χ3n) is 1.47. The molecule has 11 heavy (non-hydrogen) atoms. The van der Waals surface area contributed by atoms with Gasteiger partial charge in [0.2, 0.25) is 0 Å². The standard InChI is InChI=1S/C9H10O2/c1-3-7-5-6-9(10)11-8(7)4-2/h3-6H,1-2H3. The second kappa shape index (κ2) is 3.19. The lowest BCUT2D eigenvalue weighted by molar-refractivity contribution is 0.473. The highest BCUT2D eigenvalue weighted by Crippen LogP contribution is 1.63. The molecule has 0 N–H and O–H groups in total. The van der Waals surface area contributed by atoms with E-state index in [-0.39, 0.29) is 5.63 Å². The fraction of sp³-hybridized carbons (Fsp3) is 0.222. The van der Waals surface area contributed by atoms with Crippen LogP contribution in [0.25, 0.3) is 12.2 Å². The molecule has 0 aliphatic heterocycles. The highest BCUT2D eigenvalue weighted by atomic mass is 16.4. The van der Waals surface area contributed by atoms with Crippen LogP contribution < -0.4 is 16.3 Å². The second-order valence-corrected chi connectivity index (χ2v) is 2.15. The molecule has 0 radical (unpaired) electrons. The smallest absolute Gasteiger partial charge is 0.336 e. The van der Waals surface area contributed by atoms with E-state index in [2.05, 4.69) is 0 Å². The molecule has 0 aliphatic rings. The molecule has 1 heterocycles. The van der Waals surface area contributed by atoms with E-state index in [1.807, 2.05) is 19.9 Å². The Labute approximate surface area is 64.5 Å². The molecule has 0 fully saturated rings. The highest BCUT2D eigenvalue weighted by molar-refractivity contribution is 5.23. The molecular formula is C9H10O2. The van der Waals surface area contributed by atoms with Crippen molar-refractivity contribution in [2.24, 2.45) is 0 Å². The predicted octanol–water partition coefficient (Wildman–Crippen LogP) is 0.241. The maximum atomic E-state index is 10.7. The average molecular weight is 150 g/mol. The van der Waals surface area contributed by atoms with Gasteiger partial charge < -0.3 is 4.42 Å². The summed E-state index contributed by atoms with van der Waals surface area (Å²) in [6.07, 6.45) is 3.68. The zero-order valence-corrected chi connectivity index (χ0v) is 6.63. The molecule has 0 amide bonds. The quantitative estimate of drug-likeness (QED) is 0.530. The monoisotopic (exact) mass is 150 g/mol. The Bertz CT molecular complexity index is 398. The maximum Gasteiger partial charge on any atom is 0.336 e. The Morgan fingerprint density at radius 2 is 2.00 bits per heavy atom. The minimum absolute atomic E-state index is 0.302. The van der Waals surface area contributed by atoms with Gasteiger partial charge >= 0.3 is 5.63 Å². The Balaban J connectivity index is 3.69. The molecule has 0 aliphatic carbocycles. The Morgan fingerprint density at radius 1 is 1.27 bits per heavy atom. The first-order valence-corrected chi connectivity index (χ1v) is 3.51. The van der Waals surface area contributed by atoms with Crippen LogP contribution in [0.5, 0.6) is 0 Å². The van der Waals surface area contributed by atoms with Gasteiger partial charge in [-0.2, -0.15) is 0 Å². The van der Waals surface area contributed by atoms with Gasteiger partial charge in [-0.05, 0) is 26.0 Å². The van der Waals surface area contributed by atoms with Crippen molar-refractivity contribution in [1.29, 1.82) is 0 Å². The van der Waals surface area contributed by atoms with Gasteiger partial charge in [-0.25, -0.2) is 4.79 Å². The SMILES string of the molecule is CC=c1ccc(=O)oc1=CC. The third kappa shape index (κ3) is 1.58. The van der Waals surface area contributed by atoms with Gasteiger partial charge in [-0.1, -0.05) is 6.08 Å². The third-order valence-corrected chi connectivity index (χ3v) is 1.47. The summed E-state index contributed by atoms with van der Waals surface area (Å²) in [5.74, 6) is 0. The van der Waals surface area contributed by atoms with Crippen LogP contribution in [-0.4, -0.2) is 0 Å². The molecule has 2 nitrogen and oxygen atoms in total. The zero-order chi connectivity index (χ0) is 8.27. The Hall–Kier alpha value is -1.31. The molecule has 0 atom stereocenters. The molecule has 0 unspecified atom stereocenters. The van der Waals surface area contributed by atoms with E-state index in [0.29, 0.717) is 5.42 Å². The van der Waals surface area contributed by atoms with Crippen molar-refractivity contribution in [3.05, 3.63) is 33.2 Å². The molecule has 0 spiro atoms. The normalized spacial score (nSPS) is 14.0. The van der Waals surface area contributed by atoms with Gasteiger partial charge in [0.15, 0.2) is 0 Å². The zero-order valence-electron chi connectivity index (χ0n) is 6.63. The van der Waals surface area contributed by atoms with Gasteiger partial charge in [-0.15, -0.1) is 0 Å². The fourth-order valence-electron chi connectivity index (χ4n) is 0.905. The molecule has 0 saturated heterocycles. The molecule has 2 heteroatoms. The summed E-state index contributed by atoms with van der Waals surface area (Å²) in [6.45, 7) is 3.74. The molecule has 1 aromatic rings. The summed E-state index contributed by atoms with van der Waals surface area (Å²) >= 11 is 0. The van der Waals surface area contributed by atoms with Crippen molar-refractivity contribution in [2.45, 2.75) is 13.8 Å². The Morgan fingerprint density at radius 3 is 2.55 bits per heavy atom. The van der Waals surface area contributed by atoms with Crippen LogP contribution in [0.4, 0.5) is 0 Å². The molecule has 0 aromatic carbocycles. The van der Waals surface area contributed by atoms with Crippen molar-refractivity contribution >= 4 is 12.2 Å². The summed E-state index contributed by atoms with van der Waals surface area (Å²) < 4.78 is 4.91. The van der Waals surface area contributed by atoms with Gasteiger partial charge in [0, 0.05) is 11.3 Å². The van der Waals surface area contributed by atoms with E-state index < -0.39 is 0 Å². The van der Waals surface area contributed by atoms with E-state index >= 15 is 0 Å². The van der Waals surface area contributed by atoms with Gasteiger partial charge in [0.1, 0.15) is 5.42 Å². The van der Waals surface area contributed by atoms with Crippen LogP contribution >= 0.6 is 0 Å². The van der Waals surface area contributed by atoms with E-state index in [0.717, 1.165) is 5.22 Å². The van der Waals surface area contributed by atoms with Crippen molar-refractivity contribution in [2.75, 3.05) is 0 Å². The maximum absolute atomic E-state index is 10.7. The number of hydrogen-bond acceptors (Lipinski definition) is 2. The van der Waals surface area contributed by atoms with Gasteiger partial charge in [0.05, 0.1) is 0 Å². The lowest BCUT2D eigenvalue weighted by atomic mass is 10.3. The van der Waals surface area contributed by atoms with Crippen LogP contribution in [0.15, 0.2) is 21.3 Å². The van der Waals surface area contributed by atoms with Crippen LogP contribution in [0.2, 0.25) is 0 Å². The predicted molar refractivity (Wildman–Crippen MR) is 44.5 cm³/mol. The second-order valence-electron chi connectivity index (χ2n) is 2.15. The van der Waals surface area contributed by atoms with Gasteiger partial charge in [-0.3, -0.25) is 0 Å². The first-order valence-electron chi connectivity index (χ1n) is 3.51. The minimum Gasteiger partial charge on any atom is -0.423 e. The van der Waals surface area contributed by atoms with Gasteiger partial charge in [0.25, 0.3) is 0 Å². The lowest BCUT2D eigenvalue weighted by Gasteiger charge is -1.85. The summed E-state index contributed by atoms with van der Waals surface area (Å²) in [5.41, 5.74) is 0.337. The largest absolute Gasteiger partial charge is 0.423 e. The first-order chi connectivity index (χ1) is 5.27.